The Morgan fingerprint density at radius 3 is 2.35 bits per heavy atom. The number of benzene rings is 3. The highest BCUT2D eigenvalue weighted by Crippen LogP contribution is 2.43. The molecule has 174 valence electrons. The zero-order valence-electron chi connectivity index (χ0n) is 19.3. The number of aryl methyl sites for hydroxylation is 1. The maximum absolute atomic E-state index is 13.3. The fraction of sp³-hybridized carbons (Fsp3) is 0.214. The Bertz CT molecular complexity index is 1250. The van der Waals surface area contributed by atoms with Crippen molar-refractivity contribution < 1.29 is 19.4 Å². The van der Waals surface area contributed by atoms with E-state index in [4.69, 9.17) is 4.74 Å². The standard InChI is InChI=1S/C28H26BrNO4/c1-17(2)16-34-23-6-4-5-20(15-23)25-24(26(31)19-9-11-21(29)12-10-19)27(32)28(33)30(25)22-13-7-18(3)8-14-22/h4-15,17,25,31H,16H2,1-3H3/b26-24-. The quantitative estimate of drug-likeness (QED) is 0.232. The van der Waals surface area contributed by atoms with Gasteiger partial charge in [0.15, 0.2) is 0 Å². The number of aliphatic hydroxyl groups excluding tert-OH is 1. The smallest absolute Gasteiger partial charge is 0.300 e. The van der Waals surface area contributed by atoms with Gasteiger partial charge in [-0.25, -0.2) is 0 Å². The molecule has 1 aliphatic rings. The number of aliphatic hydroxyl groups is 1. The Hall–Kier alpha value is -3.38. The number of hydrogen-bond donors (Lipinski definition) is 1. The molecular weight excluding hydrogens is 494 g/mol. The highest BCUT2D eigenvalue weighted by molar-refractivity contribution is 9.10. The molecule has 0 bridgehead atoms. The predicted octanol–water partition coefficient (Wildman–Crippen LogP) is 6.42. The molecule has 6 heteroatoms. The molecule has 1 amide bonds. The Balaban J connectivity index is 1.88. The minimum atomic E-state index is -0.797. The molecule has 3 aromatic rings. The van der Waals surface area contributed by atoms with Crippen LogP contribution in [0.5, 0.6) is 5.75 Å². The van der Waals surface area contributed by atoms with Gasteiger partial charge in [-0.3, -0.25) is 14.5 Å². The van der Waals surface area contributed by atoms with E-state index in [1.165, 1.54) is 4.90 Å². The van der Waals surface area contributed by atoms with E-state index in [9.17, 15) is 14.7 Å². The summed E-state index contributed by atoms with van der Waals surface area (Å²) >= 11 is 3.39. The van der Waals surface area contributed by atoms with E-state index in [-0.39, 0.29) is 11.3 Å². The highest BCUT2D eigenvalue weighted by atomic mass is 79.9. The van der Waals surface area contributed by atoms with Gasteiger partial charge in [0.2, 0.25) is 0 Å². The number of halogens is 1. The van der Waals surface area contributed by atoms with Gasteiger partial charge in [-0.05, 0) is 54.8 Å². The fourth-order valence-electron chi connectivity index (χ4n) is 3.92. The largest absolute Gasteiger partial charge is 0.507 e. The molecule has 1 aliphatic heterocycles. The summed E-state index contributed by atoms with van der Waals surface area (Å²) in [6, 6.07) is 20.9. The Labute approximate surface area is 207 Å². The lowest BCUT2D eigenvalue weighted by Crippen LogP contribution is -2.29. The summed E-state index contributed by atoms with van der Waals surface area (Å²) in [5.74, 6) is -0.622. The van der Waals surface area contributed by atoms with E-state index < -0.39 is 17.7 Å². The minimum Gasteiger partial charge on any atom is -0.507 e. The second kappa shape index (κ2) is 9.85. The first kappa shape index (κ1) is 23.8. The van der Waals surface area contributed by atoms with Crippen molar-refractivity contribution in [3.8, 4) is 5.75 Å². The first-order chi connectivity index (χ1) is 16.3. The maximum Gasteiger partial charge on any atom is 0.300 e. The molecule has 1 saturated heterocycles. The summed E-state index contributed by atoms with van der Waals surface area (Å²) in [4.78, 5) is 28.0. The number of nitrogens with zero attached hydrogens (tertiary/aromatic N) is 1. The van der Waals surface area contributed by atoms with Crippen molar-refractivity contribution in [3.05, 3.63) is 99.5 Å². The second-order valence-corrected chi connectivity index (χ2v) is 9.70. The summed E-state index contributed by atoms with van der Waals surface area (Å²) in [5.41, 5.74) is 2.81. The molecule has 5 nitrogen and oxygen atoms in total. The molecule has 0 saturated carbocycles. The van der Waals surface area contributed by atoms with E-state index >= 15 is 0 Å². The molecule has 1 fully saturated rings. The maximum atomic E-state index is 13.3. The van der Waals surface area contributed by atoms with Gasteiger partial charge in [-0.2, -0.15) is 0 Å². The van der Waals surface area contributed by atoms with Gasteiger partial charge in [0.25, 0.3) is 11.7 Å². The van der Waals surface area contributed by atoms with E-state index in [0.717, 1.165) is 10.0 Å². The van der Waals surface area contributed by atoms with Gasteiger partial charge < -0.3 is 9.84 Å². The van der Waals surface area contributed by atoms with Crippen molar-refractivity contribution in [1.29, 1.82) is 0 Å². The van der Waals surface area contributed by atoms with Gasteiger partial charge in [-0.15, -0.1) is 0 Å². The van der Waals surface area contributed by atoms with Crippen LogP contribution in [-0.2, 0) is 9.59 Å². The van der Waals surface area contributed by atoms with Crippen molar-refractivity contribution >= 4 is 39.1 Å². The third-order valence-corrected chi connectivity index (χ3v) is 6.16. The Kier molecular flexibility index (Phi) is 6.89. The number of ketones is 1. The first-order valence-corrected chi connectivity index (χ1v) is 11.9. The normalized spacial score (nSPS) is 17.4. The van der Waals surface area contributed by atoms with E-state index in [0.29, 0.717) is 35.1 Å². The second-order valence-electron chi connectivity index (χ2n) is 8.79. The van der Waals surface area contributed by atoms with Crippen LogP contribution in [0.2, 0.25) is 0 Å². The molecular formula is C28H26BrNO4. The number of carbonyl (C=O) groups excluding carboxylic acids is 2. The molecule has 0 aromatic heterocycles. The zero-order valence-corrected chi connectivity index (χ0v) is 20.9. The van der Waals surface area contributed by atoms with Crippen LogP contribution in [0.25, 0.3) is 5.76 Å². The molecule has 0 spiro atoms. The third-order valence-electron chi connectivity index (χ3n) is 5.63. The van der Waals surface area contributed by atoms with Gasteiger partial charge in [0.1, 0.15) is 11.5 Å². The fourth-order valence-corrected chi connectivity index (χ4v) is 4.18. The average molecular weight is 520 g/mol. The van der Waals surface area contributed by atoms with E-state index in [2.05, 4.69) is 29.8 Å². The molecule has 0 radical (unpaired) electrons. The van der Waals surface area contributed by atoms with Crippen LogP contribution in [0.1, 0.15) is 36.6 Å². The summed E-state index contributed by atoms with van der Waals surface area (Å²) in [7, 11) is 0. The number of rotatable bonds is 6. The van der Waals surface area contributed by atoms with Crippen LogP contribution in [0, 0.1) is 12.8 Å². The van der Waals surface area contributed by atoms with Crippen LogP contribution in [0.15, 0.2) is 82.8 Å². The van der Waals surface area contributed by atoms with Gasteiger partial charge in [0, 0.05) is 15.7 Å². The third kappa shape index (κ3) is 4.77. The molecule has 1 N–H and O–H groups in total. The lowest BCUT2D eigenvalue weighted by molar-refractivity contribution is -0.132. The van der Waals surface area contributed by atoms with Crippen LogP contribution in [0.4, 0.5) is 5.69 Å². The van der Waals surface area contributed by atoms with Crippen LogP contribution >= 0.6 is 15.9 Å². The summed E-state index contributed by atoms with van der Waals surface area (Å²) < 4.78 is 6.74. The lowest BCUT2D eigenvalue weighted by atomic mass is 9.95. The van der Waals surface area contributed by atoms with Gasteiger partial charge >= 0.3 is 0 Å². The molecule has 1 atom stereocenters. The SMILES string of the molecule is Cc1ccc(N2C(=O)C(=O)/C(=C(\O)c3ccc(Br)cc3)C2c2cccc(OCC(C)C)c2)cc1. The van der Waals surface area contributed by atoms with Crippen LogP contribution < -0.4 is 9.64 Å². The van der Waals surface area contributed by atoms with Crippen molar-refractivity contribution in [1.82, 2.24) is 0 Å². The van der Waals surface area contributed by atoms with E-state index in [1.54, 1.807) is 24.3 Å². The van der Waals surface area contributed by atoms with Crippen molar-refractivity contribution in [2.45, 2.75) is 26.8 Å². The van der Waals surface area contributed by atoms with Crippen molar-refractivity contribution in [2.75, 3.05) is 11.5 Å². The Morgan fingerprint density at radius 1 is 1.03 bits per heavy atom. The number of hydrogen-bond acceptors (Lipinski definition) is 4. The summed E-state index contributed by atoms with van der Waals surface area (Å²) in [6.07, 6.45) is 0. The Morgan fingerprint density at radius 2 is 1.71 bits per heavy atom. The van der Waals surface area contributed by atoms with Crippen LogP contribution in [0.3, 0.4) is 0 Å². The molecule has 3 aromatic carbocycles. The molecule has 1 heterocycles. The topological polar surface area (TPSA) is 66.8 Å². The number of ether oxygens (including phenoxy) is 1. The number of carbonyl (C=O) groups is 2. The summed E-state index contributed by atoms with van der Waals surface area (Å²) in [6.45, 7) is 6.63. The average Bonchev–Trinajstić information content (AvgIpc) is 3.09. The number of anilines is 1. The predicted molar refractivity (Wildman–Crippen MR) is 137 cm³/mol. The van der Waals surface area contributed by atoms with Crippen LogP contribution in [-0.4, -0.2) is 23.4 Å². The molecule has 1 unspecified atom stereocenters. The van der Waals surface area contributed by atoms with Gasteiger partial charge in [-0.1, -0.05) is 71.7 Å². The van der Waals surface area contributed by atoms with E-state index in [1.807, 2.05) is 55.5 Å². The summed E-state index contributed by atoms with van der Waals surface area (Å²) in [5, 5.41) is 11.2. The number of Topliss-reactive ketones (excluding diaryl/α,β-unsaturated/α-hetero) is 1. The molecule has 0 aliphatic carbocycles. The van der Waals surface area contributed by atoms with Crippen molar-refractivity contribution in [3.63, 3.8) is 0 Å². The number of amides is 1. The highest BCUT2D eigenvalue weighted by Gasteiger charge is 2.47. The molecule has 34 heavy (non-hydrogen) atoms. The lowest BCUT2D eigenvalue weighted by Gasteiger charge is -2.26. The first-order valence-electron chi connectivity index (χ1n) is 11.1. The molecule has 4 rings (SSSR count). The van der Waals surface area contributed by atoms with Crippen molar-refractivity contribution in [2.24, 2.45) is 5.92 Å². The zero-order chi connectivity index (χ0) is 24.4. The monoisotopic (exact) mass is 519 g/mol. The minimum absolute atomic E-state index is 0.0499. The van der Waals surface area contributed by atoms with Gasteiger partial charge in [0.05, 0.1) is 18.2 Å².